The summed E-state index contributed by atoms with van der Waals surface area (Å²) >= 11 is 0. The number of nitriles is 1. The van der Waals surface area contributed by atoms with Crippen LogP contribution in [0.3, 0.4) is 0 Å². The lowest BCUT2D eigenvalue weighted by Crippen LogP contribution is -2.27. The van der Waals surface area contributed by atoms with Crippen molar-refractivity contribution in [1.82, 2.24) is 24.6 Å². The van der Waals surface area contributed by atoms with Crippen LogP contribution in [0.4, 0.5) is 0 Å². The fourth-order valence-corrected chi connectivity index (χ4v) is 3.44. The third kappa shape index (κ3) is 4.20. The number of aryl methyl sites for hydroxylation is 1. The van der Waals surface area contributed by atoms with E-state index >= 15 is 0 Å². The van der Waals surface area contributed by atoms with Crippen molar-refractivity contribution >= 4 is 16.6 Å². The minimum absolute atomic E-state index is 0.0554. The molecule has 4 rings (SSSR count). The first-order chi connectivity index (χ1) is 15.1. The second-order valence-electron chi connectivity index (χ2n) is 7.11. The van der Waals surface area contributed by atoms with Gasteiger partial charge in [0.05, 0.1) is 30.4 Å². The number of rotatable bonds is 8. The van der Waals surface area contributed by atoms with E-state index in [9.17, 15) is 10.4 Å². The predicted octanol–water partition coefficient (Wildman–Crippen LogP) is 3.92. The molecule has 0 aliphatic carbocycles. The summed E-state index contributed by atoms with van der Waals surface area (Å²) in [5, 5.41) is 28.7. The molecule has 0 radical (unpaired) electrons. The minimum Gasteiger partial charge on any atom is -0.509 e. The summed E-state index contributed by atoms with van der Waals surface area (Å²) < 4.78 is 12.8. The second-order valence-corrected chi connectivity index (χ2v) is 7.11. The number of furan rings is 1. The van der Waals surface area contributed by atoms with E-state index < -0.39 is 0 Å². The van der Waals surface area contributed by atoms with Gasteiger partial charge in [0.25, 0.3) is 5.89 Å². The molecule has 0 spiro atoms. The number of benzene rings is 1. The van der Waals surface area contributed by atoms with Gasteiger partial charge in [0.15, 0.2) is 11.6 Å². The highest BCUT2D eigenvalue weighted by molar-refractivity contribution is 5.83. The first-order valence-electron chi connectivity index (χ1n) is 9.93. The van der Waals surface area contributed by atoms with E-state index in [1.165, 1.54) is 6.26 Å². The van der Waals surface area contributed by atoms with Crippen LogP contribution >= 0.6 is 0 Å². The number of hydrogen-bond acceptors (Lipinski definition) is 8. The van der Waals surface area contributed by atoms with Gasteiger partial charge < -0.3 is 18.5 Å². The molecule has 0 saturated carbocycles. The summed E-state index contributed by atoms with van der Waals surface area (Å²) in [6, 6.07) is 13.2. The fraction of sp³-hybridized carbons (Fsp3) is 0.273. The smallest absolute Gasteiger partial charge is 0.283 e. The highest BCUT2D eigenvalue weighted by Crippen LogP contribution is 2.23. The van der Waals surface area contributed by atoms with Gasteiger partial charge in [-0.05, 0) is 37.2 Å². The Bertz CT molecular complexity index is 1250. The first kappa shape index (κ1) is 20.4. The van der Waals surface area contributed by atoms with Crippen LogP contribution in [-0.2, 0) is 13.6 Å². The summed E-state index contributed by atoms with van der Waals surface area (Å²) in [6.45, 7) is 3.18. The summed E-state index contributed by atoms with van der Waals surface area (Å²) in [5.41, 5.74) is 1.80. The molecule has 0 amide bonds. The van der Waals surface area contributed by atoms with Crippen molar-refractivity contribution in [3.05, 3.63) is 60.1 Å². The lowest BCUT2D eigenvalue weighted by molar-refractivity contribution is 0.224. The van der Waals surface area contributed by atoms with E-state index in [-0.39, 0.29) is 17.9 Å². The summed E-state index contributed by atoms with van der Waals surface area (Å²) in [7, 11) is 1.83. The number of fused-ring (bicyclic) bond motifs is 1. The molecule has 4 aromatic rings. The van der Waals surface area contributed by atoms with Crippen LogP contribution in [0.5, 0.6) is 0 Å². The highest BCUT2D eigenvalue weighted by atomic mass is 16.4. The molecule has 158 valence electrons. The van der Waals surface area contributed by atoms with Crippen LogP contribution in [0.2, 0.25) is 0 Å². The molecule has 9 nitrogen and oxygen atoms in total. The maximum absolute atomic E-state index is 10.8. The van der Waals surface area contributed by atoms with Gasteiger partial charge in [0, 0.05) is 7.05 Å². The number of aliphatic hydroxyl groups excluding tert-OH is 1. The Labute approximate surface area is 178 Å². The molecule has 0 unspecified atom stereocenters. The van der Waals surface area contributed by atoms with Crippen LogP contribution < -0.4 is 0 Å². The van der Waals surface area contributed by atoms with Gasteiger partial charge in [-0.3, -0.25) is 4.90 Å². The van der Waals surface area contributed by atoms with Crippen molar-refractivity contribution in [2.45, 2.75) is 19.9 Å². The molecule has 1 N–H and O–H groups in total. The number of nitrogens with zero attached hydrogens (tertiary/aromatic N) is 6. The Hall–Kier alpha value is -3.90. The molecule has 3 aromatic heterocycles. The predicted molar refractivity (Wildman–Crippen MR) is 113 cm³/mol. The number of allylic oxidation sites excluding steroid dienone is 1. The molecular formula is C22H22N6O3. The number of aromatic nitrogens is 4. The molecule has 0 atom stereocenters. The largest absolute Gasteiger partial charge is 0.509 e. The SMILES string of the molecule is CCCN(C/C(O)=C(\C#N)c1nc2ccccc2n1C)Cc1nnc(-c2ccco2)o1. The Morgan fingerprint density at radius 1 is 1.23 bits per heavy atom. The zero-order valence-electron chi connectivity index (χ0n) is 17.3. The molecule has 3 heterocycles. The monoisotopic (exact) mass is 418 g/mol. The van der Waals surface area contributed by atoms with E-state index in [1.54, 1.807) is 12.1 Å². The number of para-hydroxylation sites is 2. The molecule has 0 bridgehead atoms. The van der Waals surface area contributed by atoms with Gasteiger partial charge in [0.2, 0.25) is 5.89 Å². The van der Waals surface area contributed by atoms with Crippen LogP contribution in [0.1, 0.15) is 25.1 Å². The van der Waals surface area contributed by atoms with Gasteiger partial charge in [-0.25, -0.2) is 4.98 Å². The number of aliphatic hydroxyl groups is 1. The fourth-order valence-electron chi connectivity index (χ4n) is 3.44. The van der Waals surface area contributed by atoms with Gasteiger partial charge in [0.1, 0.15) is 17.4 Å². The van der Waals surface area contributed by atoms with Gasteiger partial charge in [-0.15, -0.1) is 10.2 Å². The topological polar surface area (TPSA) is 117 Å². The maximum atomic E-state index is 10.8. The van der Waals surface area contributed by atoms with Crippen molar-refractivity contribution in [1.29, 1.82) is 5.26 Å². The maximum Gasteiger partial charge on any atom is 0.283 e. The van der Waals surface area contributed by atoms with Crippen molar-refractivity contribution in [2.24, 2.45) is 7.05 Å². The van der Waals surface area contributed by atoms with Crippen LogP contribution in [-0.4, -0.2) is 42.8 Å². The van der Waals surface area contributed by atoms with Gasteiger partial charge in [-0.1, -0.05) is 19.1 Å². The quantitative estimate of drug-likeness (QED) is 0.338. The van der Waals surface area contributed by atoms with E-state index in [0.29, 0.717) is 36.5 Å². The van der Waals surface area contributed by atoms with Crippen molar-refractivity contribution in [3.8, 4) is 17.7 Å². The average Bonchev–Trinajstić information content (AvgIpc) is 3.50. The molecule has 9 heteroatoms. The Balaban J connectivity index is 1.58. The van der Waals surface area contributed by atoms with Crippen molar-refractivity contribution < 1.29 is 13.9 Å². The summed E-state index contributed by atoms with van der Waals surface area (Å²) in [4.78, 5) is 6.47. The molecule has 0 aliphatic heterocycles. The second kappa shape index (κ2) is 8.85. The van der Waals surface area contributed by atoms with E-state index in [4.69, 9.17) is 8.83 Å². The van der Waals surface area contributed by atoms with Gasteiger partial charge >= 0.3 is 0 Å². The third-order valence-corrected chi connectivity index (χ3v) is 4.88. The molecular weight excluding hydrogens is 396 g/mol. The van der Waals surface area contributed by atoms with Crippen LogP contribution in [0.25, 0.3) is 28.3 Å². The standard InChI is InChI=1S/C22H22N6O3/c1-3-10-28(14-20-25-26-22(31-20)19-9-6-11-30-19)13-18(29)15(12-23)21-24-16-7-4-5-8-17(16)27(21)2/h4-9,11,29H,3,10,13-14H2,1-2H3/b18-15-. The summed E-state index contributed by atoms with van der Waals surface area (Å²) in [6.07, 6.45) is 2.39. The summed E-state index contributed by atoms with van der Waals surface area (Å²) in [5.74, 6) is 1.57. The van der Waals surface area contributed by atoms with Gasteiger partial charge in [-0.2, -0.15) is 5.26 Å². The molecule has 0 fully saturated rings. The number of imidazole rings is 1. The van der Waals surface area contributed by atoms with Crippen LogP contribution in [0, 0.1) is 11.3 Å². The highest BCUT2D eigenvalue weighted by Gasteiger charge is 2.20. The van der Waals surface area contributed by atoms with E-state index in [0.717, 1.165) is 17.5 Å². The zero-order chi connectivity index (χ0) is 21.8. The van der Waals surface area contributed by atoms with Crippen molar-refractivity contribution in [3.63, 3.8) is 0 Å². The number of hydrogen-bond donors (Lipinski definition) is 1. The third-order valence-electron chi connectivity index (χ3n) is 4.88. The average molecular weight is 418 g/mol. The Kier molecular flexibility index (Phi) is 5.82. The molecule has 0 saturated heterocycles. The Morgan fingerprint density at radius 2 is 2.06 bits per heavy atom. The van der Waals surface area contributed by atoms with E-state index in [2.05, 4.69) is 21.3 Å². The zero-order valence-corrected chi connectivity index (χ0v) is 17.3. The van der Waals surface area contributed by atoms with Crippen molar-refractivity contribution in [2.75, 3.05) is 13.1 Å². The minimum atomic E-state index is -0.0554. The first-order valence-corrected chi connectivity index (χ1v) is 9.93. The Morgan fingerprint density at radius 3 is 2.77 bits per heavy atom. The molecule has 0 aliphatic rings. The lowest BCUT2D eigenvalue weighted by atomic mass is 10.2. The lowest BCUT2D eigenvalue weighted by Gasteiger charge is -2.19. The molecule has 31 heavy (non-hydrogen) atoms. The molecule has 1 aromatic carbocycles. The normalized spacial score (nSPS) is 12.3. The van der Waals surface area contributed by atoms with E-state index in [1.807, 2.05) is 47.7 Å². The van der Waals surface area contributed by atoms with Crippen LogP contribution in [0.15, 0.2) is 57.3 Å².